The first-order chi connectivity index (χ1) is 9.08. The van der Waals surface area contributed by atoms with Crippen molar-refractivity contribution in [3.63, 3.8) is 0 Å². The Morgan fingerprint density at radius 2 is 1.68 bits per heavy atom. The largest absolute Gasteiger partial charge is 0.480 e. The Kier molecular flexibility index (Phi) is 2.29. The molecule has 4 fully saturated rings. The first-order valence-corrected chi connectivity index (χ1v) is 7.29. The summed E-state index contributed by atoms with van der Waals surface area (Å²) >= 11 is 0. The third-order valence-corrected chi connectivity index (χ3v) is 5.87. The summed E-state index contributed by atoms with van der Waals surface area (Å²) in [6.45, 7) is 0.196. The summed E-state index contributed by atoms with van der Waals surface area (Å²) in [4.78, 5) is 25.2. The van der Waals surface area contributed by atoms with Crippen molar-refractivity contribution in [1.29, 1.82) is 0 Å². The third kappa shape index (κ3) is 1.51. The minimum Gasteiger partial charge on any atom is -0.480 e. The minimum absolute atomic E-state index is 0.00412. The van der Waals surface area contributed by atoms with Crippen molar-refractivity contribution in [2.75, 3.05) is 6.54 Å². The summed E-state index contributed by atoms with van der Waals surface area (Å²) in [5.74, 6) is 1.55. The van der Waals surface area contributed by atoms with Crippen LogP contribution in [0.25, 0.3) is 0 Å². The summed E-state index contributed by atoms with van der Waals surface area (Å²) in [5, 5.41) is 18.8. The molecule has 3 saturated carbocycles. The zero-order valence-corrected chi connectivity index (χ0v) is 10.7. The van der Waals surface area contributed by atoms with E-state index in [0.29, 0.717) is 23.7 Å². The smallest absolute Gasteiger partial charge is 0.326 e. The van der Waals surface area contributed by atoms with E-state index in [1.807, 2.05) is 0 Å². The molecule has 2 bridgehead atoms. The molecule has 1 aliphatic heterocycles. The second kappa shape index (κ2) is 3.72. The van der Waals surface area contributed by atoms with Crippen LogP contribution < -0.4 is 0 Å². The lowest BCUT2D eigenvalue weighted by Crippen LogP contribution is -2.42. The van der Waals surface area contributed by atoms with E-state index in [-0.39, 0.29) is 24.8 Å². The van der Waals surface area contributed by atoms with Gasteiger partial charge in [0, 0.05) is 18.9 Å². The van der Waals surface area contributed by atoms with E-state index in [1.165, 1.54) is 24.2 Å². The fourth-order valence-corrected chi connectivity index (χ4v) is 5.14. The maximum absolute atomic E-state index is 12.6. The number of aliphatic carboxylic acids is 1. The molecule has 0 aromatic carbocycles. The van der Waals surface area contributed by atoms with Crippen molar-refractivity contribution >= 4 is 11.9 Å². The third-order valence-electron chi connectivity index (χ3n) is 5.87. The molecule has 4 aliphatic rings. The Labute approximate surface area is 111 Å². The van der Waals surface area contributed by atoms with E-state index in [4.69, 9.17) is 5.11 Å². The van der Waals surface area contributed by atoms with E-state index >= 15 is 0 Å². The Morgan fingerprint density at radius 3 is 2.26 bits per heavy atom. The first kappa shape index (κ1) is 11.7. The van der Waals surface area contributed by atoms with Gasteiger partial charge in [0.25, 0.3) is 0 Å². The average molecular weight is 265 g/mol. The fraction of sp³-hybridized carbons (Fsp3) is 0.857. The molecule has 0 aromatic rings. The average Bonchev–Trinajstić information content (AvgIpc) is 2.73. The number of hydrogen-bond donors (Lipinski definition) is 2. The fourth-order valence-electron chi connectivity index (χ4n) is 5.14. The molecular formula is C14H19NO4. The molecule has 2 N–H and O–H groups in total. The lowest BCUT2D eigenvalue weighted by molar-refractivity contribution is -0.149. The van der Waals surface area contributed by atoms with Crippen LogP contribution in [0, 0.1) is 29.6 Å². The highest BCUT2D eigenvalue weighted by molar-refractivity contribution is 5.88. The molecule has 6 unspecified atom stereocenters. The van der Waals surface area contributed by atoms with Crippen LogP contribution in [0.4, 0.5) is 0 Å². The lowest BCUT2D eigenvalue weighted by Gasteiger charge is -2.22. The van der Waals surface area contributed by atoms with E-state index in [9.17, 15) is 14.7 Å². The molecule has 4 rings (SSSR count). The van der Waals surface area contributed by atoms with Crippen LogP contribution in [0.15, 0.2) is 0 Å². The number of nitrogens with zero attached hydrogens (tertiary/aromatic N) is 1. The number of amides is 1. The van der Waals surface area contributed by atoms with Crippen LogP contribution in [0.3, 0.4) is 0 Å². The number of carbonyl (C=O) groups excluding carboxylic acids is 1. The summed E-state index contributed by atoms with van der Waals surface area (Å²) in [6.07, 6.45) is 3.28. The Hall–Kier alpha value is -1.10. The van der Waals surface area contributed by atoms with Gasteiger partial charge in [0.1, 0.15) is 6.04 Å². The van der Waals surface area contributed by atoms with Crippen LogP contribution in [-0.2, 0) is 9.59 Å². The van der Waals surface area contributed by atoms with Crippen LogP contribution in [0.1, 0.15) is 25.7 Å². The van der Waals surface area contributed by atoms with Gasteiger partial charge >= 0.3 is 5.97 Å². The number of β-amino-alcohol motifs (C(OH)–C–C–N with tert-alkyl or cyclic N) is 1. The summed E-state index contributed by atoms with van der Waals surface area (Å²) in [5.41, 5.74) is 0. The van der Waals surface area contributed by atoms with Gasteiger partial charge in [-0.05, 0) is 42.9 Å². The number of aliphatic hydroxyl groups excluding tert-OH is 1. The lowest BCUT2D eigenvalue weighted by atomic mass is 10.0. The van der Waals surface area contributed by atoms with E-state index < -0.39 is 18.1 Å². The van der Waals surface area contributed by atoms with Crippen molar-refractivity contribution < 1.29 is 19.8 Å². The Morgan fingerprint density at radius 1 is 1.05 bits per heavy atom. The number of aliphatic hydroxyl groups is 1. The zero-order valence-electron chi connectivity index (χ0n) is 10.7. The molecule has 0 radical (unpaired) electrons. The van der Waals surface area contributed by atoms with Crippen molar-refractivity contribution in [2.45, 2.75) is 37.8 Å². The van der Waals surface area contributed by atoms with Gasteiger partial charge in [0.05, 0.1) is 6.10 Å². The van der Waals surface area contributed by atoms with Gasteiger partial charge in [-0.15, -0.1) is 0 Å². The zero-order chi connectivity index (χ0) is 13.3. The van der Waals surface area contributed by atoms with Crippen molar-refractivity contribution in [1.82, 2.24) is 4.90 Å². The molecule has 6 atom stereocenters. The molecule has 5 heteroatoms. The number of carbonyl (C=O) groups is 2. The summed E-state index contributed by atoms with van der Waals surface area (Å²) in [6, 6.07) is -0.818. The number of fused-ring (bicyclic) bond motifs is 5. The van der Waals surface area contributed by atoms with Gasteiger partial charge in [0.15, 0.2) is 0 Å². The van der Waals surface area contributed by atoms with Crippen molar-refractivity contribution in [2.24, 2.45) is 29.6 Å². The maximum atomic E-state index is 12.6. The Bertz CT molecular complexity index is 435. The molecule has 5 nitrogen and oxygen atoms in total. The van der Waals surface area contributed by atoms with Crippen LogP contribution in [0.2, 0.25) is 0 Å². The molecule has 1 saturated heterocycles. The molecular weight excluding hydrogens is 246 g/mol. The highest BCUT2D eigenvalue weighted by Gasteiger charge is 2.68. The summed E-state index contributed by atoms with van der Waals surface area (Å²) < 4.78 is 0. The van der Waals surface area contributed by atoms with Gasteiger partial charge in [-0.1, -0.05) is 0 Å². The highest BCUT2D eigenvalue weighted by Crippen LogP contribution is 2.69. The second-order valence-corrected chi connectivity index (χ2v) is 6.75. The van der Waals surface area contributed by atoms with Gasteiger partial charge < -0.3 is 15.1 Å². The number of likely N-dealkylation sites (tertiary alicyclic amines) is 1. The number of carboxylic acids is 1. The van der Waals surface area contributed by atoms with E-state index in [1.54, 1.807) is 0 Å². The van der Waals surface area contributed by atoms with Crippen molar-refractivity contribution in [3.8, 4) is 0 Å². The molecule has 0 aromatic heterocycles. The predicted molar refractivity (Wildman–Crippen MR) is 65.1 cm³/mol. The van der Waals surface area contributed by atoms with Crippen molar-refractivity contribution in [3.05, 3.63) is 0 Å². The maximum Gasteiger partial charge on any atom is 0.326 e. The monoisotopic (exact) mass is 265 g/mol. The molecule has 104 valence electrons. The van der Waals surface area contributed by atoms with Gasteiger partial charge in [-0.25, -0.2) is 4.79 Å². The second-order valence-electron chi connectivity index (χ2n) is 6.75. The highest BCUT2D eigenvalue weighted by atomic mass is 16.4. The van der Waals surface area contributed by atoms with Gasteiger partial charge in [-0.2, -0.15) is 0 Å². The normalized spacial score (nSPS) is 50.4. The van der Waals surface area contributed by atoms with Gasteiger partial charge in [0.2, 0.25) is 5.91 Å². The van der Waals surface area contributed by atoms with Crippen LogP contribution >= 0.6 is 0 Å². The molecule has 1 amide bonds. The molecule has 3 aliphatic carbocycles. The van der Waals surface area contributed by atoms with E-state index in [0.717, 1.165) is 0 Å². The number of rotatable bonds is 2. The van der Waals surface area contributed by atoms with Crippen LogP contribution in [0.5, 0.6) is 0 Å². The number of hydrogen-bond acceptors (Lipinski definition) is 3. The summed E-state index contributed by atoms with van der Waals surface area (Å²) in [7, 11) is 0. The standard InChI is InChI=1S/C14H19NO4/c16-8-4-9(14(18)19)15(5-8)13(17)12-10-6-1-2-7(3-6)11(10)12/h6-12,16H,1-5H2,(H,18,19). The molecule has 19 heavy (non-hydrogen) atoms. The molecule has 0 spiro atoms. The predicted octanol–water partition coefficient (Wildman–Crippen LogP) is 0.325. The van der Waals surface area contributed by atoms with Crippen LogP contribution in [-0.4, -0.2) is 45.7 Å². The minimum atomic E-state index is -0.987. The van der Waals surface area contributed by atoms with E-state index in [2.05, 4.69) is 0 Å². The Balaban J connectivity index is 1.51. The molecule has 1 heterocycles. The van der Waals surface area contributed by atoms with Gasteiger partial charge in [-0.3, -0.25) is 4.79 Å². The SMILES string of the molecule is O=C(O)C1CC(O)CN1C(=O)C1C2C3CCC(C3)C12. The topological polar surface area (TPSA) is 77.8 Å². The number of carboxylic acid groups (broad SMARTS) is 1. The quantitative estimate of drug-likeness (QED) is 0.754. The first-order valence-electron chi connectivity index (χ1n) is 7.29.